The number of aliphatic hydroxyl groups is 1. The molecule has 2 unspecified atom stereocenters. The predicted molar refractivity (Wildman–Crippen MR) is 88.3 cm³/mol. The minimum Gasteiger partial charge on any atom is -0.464 e. The molecule has 0 spiro atoms. The number of aliphatic hydroxyl groups excluding tert-OH is 1. The third kappa shape index (κ3) is 3.52. The first kappa shape index (κ1) is 16.7. The minimum atomic E-state index is -0.551. The van der Waals surface area contributed by atoms with E-state index in [1.165, 1.54) is 7.11 Å². The summed E-state index contributed by atoms with van der Waals surface area (Å²) in [7, 11) is 3.28. The van der Waals surface area contributed by atoms with Crippen molar-refractivity contribution in [2.75, 3.05) is 20.2 Å². The van der Waals surface area contributed by atoms with Gasteiger partial charge in [-0.05, 0) is 31.0 Å². The summed E-state index contributed by atoms with van der Waals surface area (Å²) >= 11 is 0. The molecule has 7 heteroatoms. The number of ether oxygens (including phenoxy) is 1. The van der Waals surface area contributed by atoms with Crippen molar-refractivity contribution in [2.24, 2.45) is 13.0 Å². The fourth-order valence-corrected chi connectivity index (χ4v) is 3.38. The summed E-state index contributed by atoms with van der Waals surface area (Å²) in [4.78, 5) is 21.0. The number of H-pyrrole nitrogens is 1. The predicted octanol–water partition coefficient (Wildman–Crippen LogP) is 1.48. The van der Waals surface area contributed by atoms with Gasteiger partial charge in [0.25, 0.3) is 0 Å². The zero-order valence-electron chi connectivity index (χ0n) is 14.1. The molecule has 0 amide bonds. The van der Waals surface area contributed by atoms with Crippen molar-refractivity contribution >= 4 is 5.97 Å². The van der Waals surface area contributed by atoms with E-state index in [-0.39, 0.29) is 11.9 Å². The average Bonchev–Trinajstić information content (AvgIpc) is 3.23. The Balaban J connectivity index is 1.62. The van der Waals surface area contributed by atoms with Crippen LogP contribution in [0.15, 0.2) is 24.7 Å². The molecule has 1 saturated heterocycles. The molecular weight excluding hydrogens is 308 g/mol. The molecule has 0 bridgehead atoms. The van der Waals surface area contributed by atoms with E-state index in [9.17, 15) is 9.90 Å². The standard InChI is InChI=1S/C17H24N4O3/c1-20-7-5-18-16(20)15(22)13-4-3-6-21(11-13)10-12-8-14(19-9-12)17(23)24-2/h5,7-9,13,15,19,22H,3-4,6,10-11H2,1-2H3. The first-order valence-corrected chi connectivity index (χ1v) is 8.21. The lowest BCUT2D eigenvalue weighted by Gasteiger charge is -2.34. The van der Waals surface area contributed by atoms with E-state index in [2.05, 4.69) is 14.9 Å². The van der Waals surface area contributed by atoms with E-state index in [0.29, 0.717) is 5.69 Å². The molecule has 0 aliphatic carbocycles. The summed E-state index contributed by atoms with van der Waals surface area (Å²) in [6.07, 6.45) is 6.89. The van der Waals surface area contributed by atoms with E-state index < -0.39 is 6.10 Å². The molecule has 7 nitrogen and oxygen atoms in total. The summed E-state index contributed by atoms with van der Waals surface area (Å²) in [6, 6.07) is 1.82. The van der Waals surface area contributed by atoms with E-state index in [4.69, 9.17) is 4.74 Å². The Morgan fingerprint density at radius 3 is 3.12 bits per heavy atom. The van der Waals surface area contributed by atoms with Crippen LogP contribution in [0, 0.1) is 5.92 Å². The molecule has 3 rings (SSSR count). The molecule has 1 fully saturated rings. The molecule has 24 heavy (non-hydrogen) atoms. The smallest absolute Gasteiger partial charge is 0.354 e. The van der Waals surface area contributed by atoms with E-state index in [0.717, 1.165) is 43.9 Å². The third-order valence-corrected chi connectivity index (χ3v) is 4.67. The van der Waals surface area contributed by atoms with Crippen molar-refractivity contribution in [3.05, 3.63) is 41.7 Å². The first-order valence-electron chi connectivity index (χ1n) is 8.21. The van der Waals surface area contributed by atoms with Crippen LogP contribution in [0.25, 0.3) is 0 Å². The SMILES string of the molecule is COC(=O)c1cc(CN2CCCC(C(O)c3nccn3C)C2)c[nH]1. The maximum absolute atomic E-state index is 11.5. The van der Waals surface area contributed by atoms with Crippen LogP contribution in [-0.4, -0.2) is 50.7 Å². The Morgan fingerprint density at radius 2 is 2.42 bits per heavy atom. The Hall–Kier alpha value is -2.12. The lowest BCUT2D eigenvalue weighted by atomic mass is 9.91. The average molecular weight is 332 g/mol. The number of piperidine rings is 1. The molecule has 0 saturated carbocycles. The number of nitrogens with one attached hydrogen (secondary N) is 1. The van der Waals surface area contributed by atoms with Gasteiger partial charge in [0.15, 0.2) is 0 Å². The van der Waals surface area contributed by atoms with E-state index in [1.54, 1.807) is 6.20 Å². The van der Waals surface area contributed by atoms with Gasteiger partial charge in [-0.25, -0.2) is 9.78 Å². The molecule has 2 aromatic rings. The molecule has 3 heterocycles. The third-order valence-electron chi connectivity index (χ3n) is 4.67. The normalized spacial score (nSPS) is 20.0. The van der Waals surface area contributed by atoms with Gasteiger partial charge in [-0.1, -0.05) is 0 Å². The number of nitrogens with zero attached hydrogens (tertiary/aromatic N) is 3. The Kier molecular flexibility index (Phi) is 5.01. The summed E-state index contributed by atoms with van der Waals surface area (Å²) < 4.78 is 6.59. The van der Waals surface area contributed by atoms with E-state index in [1.807, 2.05) is 30.1 Å². The van der Waals surface area contributed by atoms with Gasteiger partial charge >= 0.3 is 5.97 Å². The van der Waals surface area contributed by atoms with Gasteiger partial charge in [-0.3, -0.25) is 4.90 Å². The number of methoxy groups -OCH3 is 1. The van der Waals surface area contributed by atoms with Crippen molar-refractivity contribution in [1.29, 1.82) is 0 Å². The fraction of sp³-hybridized carbons (Fsp3) is 0.529. The van der Waals surface area contributed by atoms with Crippen LogP contribution >= 0.6 is 0 Å². The molecule has 1 aliphatic heterocycles. The molecular formula is C17H24N4O3. The molecule has 0 aromatic carbocycles. The number of likely N-dealkylation sites (tertiary alicyclic amines) is 1. The van der Waals surface area contributed by atoms with Gasteiger partial charge < -0.3 is 19.4 Å². The minimum absolute atomic E-state index is 0.166. The zero-order chi connectivity index (χ0) is 17.1. The second kappa shape index (κ2) is 7.19. The van der Waals surface area contributed by atoms with E-state index >= 15 is 0 Å². The van der Waals surface area contributed by atoms with Crippen LogP contribution in [-0.2, 0) is 18.3 Å². The zero-order valence-corrected chi connectivity index (χ0v) is 14.1. The summed E-state index contributed by atoms with van der Waals surface area (Å²) in [5, 5.41) is 10.6. The van der Waals surface area contributed by atoms with Gasteiger partial charge in [-0.15, -0.1) is 0 Å². The van der Waals surface area contributed by atoms with Gasteiger partial charge in [0.05, 0.1) is 7.11 Å². The highest BCUT2D eigenvalue weighted by molar-refractivity contribution is 5.87. The van der Waals surface area contributed by atoms with Gasteiger partial charge in [-0.2, -0.15) is 0 Å². The number of aromatic nitrogens is 3. The first-order chi connectivity index (χ1) is 11.6. The highest BCUT2D eigenvalue weighted by atomic mass is 16.5. The summed E-state index contributed by atoms with van der Waals surface area (Å²) in [5.41, 5.74) is 1.51. The number of aromatic amines is 1. The number of carbonyl (C=O) groups is 1. The Morgan fingerprint density at radius 1 is 1.58 bits per heavy atom. The summed E-state index contributed by atoms with van der Waals surface area (Å²) in [5.74, 6) is 0.526. The van der Waals surface area contributed by atoms with Crippen LogP contribution in [0.5, 0.6) is 0 Å². The second-order valence-corrected chi connectivity index (χ2v) is 6.39. The lowest BCUT2D eigenvalue weighted by molar-refractivity contribution is 0.0405. The van der Waals surface area contributed by atoms with Gasteiger partial charge in [0.1, 0.15) is 17.6 Å². The Bertz CT molecular complexity index is 694. The molecule has 0 radical (unpaired) electrons. The number of carbonyl (C=O) groups excluding carboxylic acids is 1. The molecule has 130 valence electrons. The molecule has 1 aliphatic rings. The number of esters is 1. The number of rotatable bonds is 5. The highest BCUT2D eigenvalue weighted by Gasteiger charge is 2.29. The number of hydrogen-bond donors (Lipinski definition) is 2. The van der Waals surface area contributed by atoms with Crippen LogP contribution in [0.4, 0.5) is 0 Å². The van der Waals surface area contributed by atoms with Crippen LogP contribution in [0.2, 0.25) is 0 Å². The van der Waals surface area contributed by atoms with Gasteiger partial charge in [0, 0.05) is 44.6 Å². The second-order valence-electron chi connectivity index (χ2n) is 6.39. The highest BCUT2D eigenvalue weighted by Crippen LogP contribution is 2.29. The number of imidazole rings is 1. The molecule has 2 N–H and O–H groups in total. The maximum atomic E-state index is 11.5. The largest absolute Gasteiger partial charge is 0.464 e. The van der Waals surface area contributed by atoms with Crippen LogP contribution in [0.1, 0.15) is 40.8 Å². The topological polar surface area (TPSA) is 83.4 Å². The van der Waals surface area contributed by atoms with Crippen LogP contribution in [0.3, 0.4) is 0 Å². The fourth-order valence-electron chi connectivity index (χ4n) is 3.38. The monoisotopic (exact) mass is 332 g/mol. The molecule has 2 atom stereocenters. The molecule has 2 aromatic heterocycles. The van der Waals surface area contributed by atoms with Crippen molar-refractivity contribution in [2.45, 2.75) is 25.5 Å². The number of hydrogen-bond acceptors (Lipinski definition) is 5. The van der Waals surface area contributed by atoms with Crippen molar-refractivity contribution < 1.29 is 14.6 Å². The lowest BCUT2D eigenvalue weighted by Crippen LogP contribution is -2.37. The van der Waals surface area contributed by atoms with Crippen molar-refractivity contribution in [1.82, 2.24) is 19.4 Å². The van der Waals surface area contributed by atoms with Gasteiger partial charge in [0.2, 0.25) is 0 Å². The number of aryl methyl sites for hydroxylation is 1. The van der Waals surface area contributed by atoms with Crippen LogP contribution < -0.4 is 0 Å². The quantitative estimate of drug-likeness (QED) is 0.811. The maximum Gasteiger partial charge on any atom is 0.354 e. The van der Waals surface area contributed by atoms with Crippen molar-refractivity contribution in [3.8, 4) is 0 Å². The summed E-state index contributed by atoms with van der Waals surface area (Å²) in [6.45, 7) is 2.55. The van der Waals surface area contributed by atoms with Crippen molar-refractivity contribution in [3.63, 3.8) is 0 Å². The Labute approximate surface area is 141 Å².